The minimum absolute atomic E-state index is 0.123. The Kier molecular flexibility index (Phi) is 5.13. The van der Waals surface area contributed by atoms with E-state index >= 15 is 0 Å². The SMILES string of the molecule is CC(C)C[C@H](N)C[C@@](N)(C=O)CO. The van der Waals surface area contributed by atoms with Crippen LogP contribution in [0.25, 0.3) is 0 Å². The van der Waals surface area contributed by atoms with E-state index < -0.39 is 5.54 Å². The molecule has 0 heterocycles. The van der Waals surface area contributed by atoms with E-state index in [1.54, 1.807) is 0 Å². The summed E-state index contributed by atoms with van der Waals surface area (Å²) < 4.78 is 0. The zero-order valence-corrected chi connectivity index (χ0v) is 8.36. The van der Waals surface area contributed by atoms with Crippen LogP contribution in [0.5, 0.6) is 0 Å². The summed E-state index contributed by atoms with van der Waals surface area (Å²) in [6.07, 6.45) is 1.73. The van der Waals surface area contributed by atoms with Crippen LogP contribution in [-0.4, -0.2) is 29.6 Å². The molecule has 0 aliphatic heterocycles. The van der Waals surface area contributed by atoms with E-state index in [1.807, 2.05) is 0 Å². The molecule has 0 fully saturated rings. The lowest BCUT2D eigenvalue weighted by atomic mass is 9.90. The van der Waals surface area contributed by atoms with E-state index in [9.17, 15) is 4.79 Å². The molecule has 0 unspecified atom stereocenters. The standard InChI is InChI=1S/C9H20N2O2/c1-7(2)3-8(10)4-9(11,5-12)6-13/h5,7-8,13H,3-4,6,10-11H2,1-2H3/t8-,9+/m0/s1. The predicted octanol–water partition coefficient (Wildman–Crippen LogP) is -0.361. The van der Waals surface area contributed by atoms with Crippen molar-refractivity contribution >= 4 is 6.29 Å². The molecule has 0 rings (SSSR count). The molecule has 4 heteroatoms. The average molecular weight is 188 g/mol. The molecule has 13 heavy (non-hydrogen) atoms. The largest absolute Gasteiger partial charge is 0.394 e. The number of carbonyl (C=O) groups excluding carboxylic acids is 1. The maximum absolute atomic E-state index is 10.5. The molecule has 78 valence electrons. The van der Waals surface area contributed by atoms with Crippen molar-refractivity contribution in [2.75, 3.05) is 6.61 Å². The van der Waals surface area contributed by atoms with E-state index in [-0.39, 0.29) is 12.6 Å². The fraction of sp³-hybridized carbons (Fsp3) is 0.889. The van der Waals surface area contributed by atoms with Crippen LogP contribution >= 0.6 is 0 Å². The van der Waals surface area contributed by atoms with Gasteiger partial charge in [0.2, 0.25) is 0 Å². The number of aliphatic hydroxyl groups is 1. The van der Waals surface area contributed by atoms with Gasteiger partial charge in [0, 0.05) is 6.04 Å². The van der Waals surface area contributed by atoms with Gasteiger partial charge in [-0.3, -0.25) is 0 Å². The Morgan fingerprint density at radius 1 is 1.54 bits per heavy atom. The van der Waals surface area contributed by atoms with Crippen LogP contribution in [0.3, 0.4) is 0 Å². The van der Waals surface area contributed by atoms with Crippen LogP contribution in [0.2, 0.25) is 0 Å². The first-order valence-corrected chi connectivity index (χ1v) is 4.55. The molecule has 2 atom stereocenters. The van der Waals surface area contributed by atoms with Crippen molar-refractivity contribution in [1.82, 2.24) is 0 Å². The topological polar surface area (TPSA) is 89.3 Å². The summed E-state index contributed by atoms with van der Waals surface area (Å²) in [7, 11) is 0. The highest BCUT2D eigenvalue weighted by atomic mass is 16.3. The fourth-order valence-corrected chi connectivity index (χ4v) is 1.33. The predicted molar refractivity (Wildman–Crippen MR) is 52.1 cm³/mol. The molecule has 0 saturated carbocycles. The van der Waals surface area contributed by atoms with E-state index in [0.717, 1.165) is 6.42 Å². The molecular weight excluding hydrogens is 168 g/mol. The Morgan fingerprint density at radius 2 is 2.08 bits per heavy atom. The average Bonchev–Trinajstić information content (AvgIpc) is 2.02. The number of hydrogen-bond donors (Lipinski definition) is 3. The molecule has 0 amide bonds. The molecule has 0 spiro atoms. The van der Waals surface area contributed by atoms with Gasteiger partial charge in [-0.25, -0.2) is 0 Å². The molecule has 0 aromatic rings. The van der Waals surface area contributed by atoms with Crippen LogP contribution in [0.15, 0.2) is 0 Å². The second kappa shape index (κ2) is 5.32. The summed E-state index contributed by atoms with van der Waals surface area (Å²) in [5.74, 6) is 0.476. The molecule has 0 bridgehead atoms. The van der Waals surface area contributed by atoms with Gasteiger partial charge in [-0.15, -0.1) is 0 Å². The van der Waals surface area contributed by atoms with Crippen LogP contribution in [-0.2, 0) is 4.79 Å². The zero-order valence-electron chi connectivity index (χ0n) is 8.36. The van der Waals surface area contributed by atoms with Gasteiger partial charge in [0.1, 0.15) is 6.29 Å². The lowest BCUT2D eigenvalue weighted by Crippen LogP contribution is -2.49. The highest BCUT2D eigenvalue weighted by Crippen LogP contribution is 2.11. The second-order valence-corrected chi connectivity index (χ2v) is 4.10. The van der Waals surface area contributed by atoms with E-state index in [4.69, 9.17) is 16.6 Å². The van der Waals surface area contributed by atoms with E-state index in [0.29, 0.717) is 18.6 Å². The van der Waals surface area contributed by atoms with Crippen molar-refractivity contribution in [3.05, 3.63) is 0 Å². The minimum Gasteiger partial charge on any atom is -0.394 e. The molecule has 0 saturated heterocycles. The smallest absolute Gasteiger partial charge is 0.142 e. The van der Waals surface area contributed by atoms with Crippen molar-refractivity contribution in [3.63, 3.8) is 0 Å². The first kappa shape index (κ1) is 12.6. The van der Waals surface area contributed by atoms with Gasteiger partial charge in [0.05, 0.1) is 12.1 Å². The first-order valence-electron chi connectivity index (χ1n) is 4.55. The highest BCUT2D eigenvalue weighted by molar-refractivity contribution is 5.64. The van der Waals surface area contributed by atoms with Crippen LogP contribution in [0.4, 0.5) is 0 Å². The first-order chi connectivity index (χ1) is 5.93. The minimum atomic E-state index is -1.16. The van der Waals surface area contributed by atoms with Crippen LogP contribution in [0.1, 0.15) is 26.7 Å². The Hall–Kier alpha value is -0.450. The number of aldehydes is 1. The van der Waals surface area contributed by atoms with Crippen molar-refractivity contribution in [2.45, 2.75) is 38.3 Å². The number of carbonyl (C=O) groups is 1. The lowest BCUT2D eigenvalue weighted by Gasteiger charge is -2.24. The third kappa shape index (κ3) is 4.98. The number of hydrogen-bond acceptors (Lipinski definition) is 4. The molecule has 4 nitrogen and oxygen atoms in total. The summed E-state index contributed by atoms with van der Waals surface area (Å²) in [4.78, 5) is 10.5. The Balaban J connectivity index is 4.01. The van der Waals surface area contributed by atoms with Gasteiger partial charge in [-0.05, 0) is 18.8 Å². The monoisotopic (exact) mass is 188 g/mol. The second-order valence-electron chi connectivity index (χ2n) is 4.10. The summed E-state index contributed by atoms with van der Waals surface area (Å²) in [6.45, 7) is 3.76. The Labute approximate surface area is 79.3 Å². The molecule has 0 aliphatic carbocycles. The van der Waals surface area contributed by atoms with E-state index in [1.165, 1.54) is 0 Å². The normalized spacial score (nSPS) is 18.3. The number of aliphatic hydroxyl groups excluding tert-OH is 1. The van der Waals surface area contributed by atoms with Crippen molar-refractivity contribution < 1.29 is 9.90 Å². The van der Waals surface area contributed by atoms with Crippen LogP contribution < -0.4 is 11.5 Å². The third-order valence-corrected chi connectivity index (χ3v) is 1.95. The maximum atomic E-state index is 10.5. The van der Waals surface area contributed by atoms with Crippen molar-refractivity contribution in [1.29, 1.82) is 0 Å². The highest BCUT2D eigenvalue weighted by Gasteiger charge is 2.26. The van der Waals surface area contributed by atoms with Gasteiger partial charge in [-0.1, -0.05) is 13.8 Å². The van der Waals surface area contributed by atoms with Crippen molar-refractivity contribution in [3.8, 4) is 0 Å². The Morgan fingerprint density at radius 3 is 2.38 bits per heavy atom. The fourth-order valence-electron chi connectivity index (χ4n) is 1.33. The Bertz CT molecular complexity index is 162. The van der Waals surface area contributed by atoms with Gasteiger partial charge >= 0.3 is 0 Å². The molecule has 0 aliphatic rings. The molecule has 0 radical (unpaired) electrons. The number of rotatable bonds is 6. The maximum Gasteiger partial charge on any atom is 0.142 e. The molecule has 5 N–H and O–H groups in total. The molecular formula is C9H20N2O2. The van der Waals surface area contributed by atoms with Gasteiger partial charge in [0.15, 0.2) is 0 Å². The lowest BCUT2D eigenvalue weighted by molar-refractivity contribution is -0.113. The van der Waals surface area contributed by atoms with Gasteiger partial charge < -0.3 is 21.4 Å². The molecule has 0 aromatic heterocycles. The number of nitrogens with two attached hydrogens (primary N) is 2. The zero-order chi connectivity index (χ0) is 10.5. The summed E-state index contributed by atoms with van der Waals surface area (Å²) in [6, 6.07) is -0.123. The van der Waals surface area contributed by atoms with Crippen LogP contribution in [0, 0.1) is 5.92 Å². The summed E-state index contributed by atoms with van der Waals surface area (Å²) in [5, 5.41) is 8.86. The van der Waals surface area contributed by atoms with E-state index in [2.05, 4.69) is 13.8 Å². The van der Waals surface area contributed by atoms with Crippen molar-refractivity contribution in [2.24, 2.45) is 17.4 Å². The van der Waals surface area contributed by atoms with Gasteiger partial charge in [-0.2, -0.15) is 0 Å². The summed E-state index contributed by atoms with van der Waals surface area (Å²) >= 11 is 0. The molecule has 0 aromatic carbocycles. The summed E-state index contributed by atoms with van der Waals surface area (Å²) in [5.41, 5.74) is 10.2. The third-order valence-electron chi connectivity index (χ3n) is 1.95. The quantitative estimate of drug-likeness (QED) is 0.496. The van der Waals surface area contributed by atoms with Gasteiger partial charge in [0.25, 0.3) is 0 Å².